The minimum Gasteiger partial charge on any atom is -0.490 e. The van der Waals surface area contributed by atoms with Crippen molar-refractivity contribution in [3.8, 4) is 5.75 Å². The van der Waals surface area contributed by atoms with Gasteiger partial charge in [0.05, 0.1) is 7.11 Å². The molecule has 0 spiro atoms. The molecule has 1 aromatic rings. The Morgan fingerprint density at radius 1 is 1.41 bits per heavy atom. The molecular formula is C12H21N3OS. The Kier molecular flexibility index (Phi) is 3.76. The highest BCUT2D eigenvalue weighted by Gasteiger charge is 2.26. The van der Waals surface area contributed by atoms with E-state index in [1.54, 1.807) is 7.11 Å². The van der Waals surface area contributed by atoms with Crippen LogP contribution in [0.4, 0.5) is 10.8 Å². The van der Waals surface area contributed by atoms with Crippen molar-refractivity contribution in [1.29, 1.82) is 0 Å². The lowest BCUT2D eigenvalue weighted by molar-refractivity contribution is 0.276. The van der Waals surface area contributed by atoms with E-state index in [0.29, 0.717) is 23.5 Å². The molecule has 1 aliphatic rings. The average Bonchev–Trinajstić information content (AvgIpc) is 2.63. The molecule has 5 heteroatoms. The van der Waals surface area contributed by atoms with E-state index >= 15 is 0 Å². The average molecular weight is 255 g/mol. The summed E-state index contributed by atoms with van der Waals surface area (Å²) in [7, 11) is 1.64. The number of aromatic nitrogens is 1. The molecule has 0 saturated heterocycles. The zero-order valence-corrected chi connectivity index (χ0v) is 11.5. The van der Waals surface area contributed by atoms with Crippen molar-refractivity contribution in [3.05, 3.63) is 0 Å². The van der Waals surface area contributed by atoms with Gasteiger partial charge in [-0.1, -0.05) is 13.8 Å². The SMILES string of the molecule is COc1c(N)nsc1NC1CCC(C)CC1C. The van der Waals surface area contributed by atoms with Gasteiger partial charge < -0.3 is 15.8 Å². The van der Waals surface area contributed by atoms with Gasteiger partial charge in [0.15, 0.2) is 16.6 Å². The van der Waals surface area contributed by atoms with Crippen LogP contribution in [-0.4, -0.2) is 17.5 Å². The summed E-state index contributed by atoms with van der Waals surface area (Å²) in [5.74, 6) is 2.71. The third kappa shape index (κ3) is 2.65. The second-order valence-electron chi connectivity index (χ2n) is 5.08. The van der Waals surface area contributed by atoms with Gasteiger partial charge in [-0.3, -0.25) is 0 Å². The number of hydrogen-bond acceptors (Lipinski definition) is 5. The number of nitrogen functional groups attached to an aromatic ring is 1. The van der Waals surface area contributed by atoms with E-state index in [4.69, 9.17) is 10.5 Å². The van der Waals surface area contributed by atoms with Gasteiger partial charge in [-0.25, -0.2) is 0 Å². The molecule has 3 atom stereocenters. The van der Waals surface area contributed by atoms with Crippen LogP contribution in [0.2, 0.25) is 0 Å². The van der Waals surface area contributed by atoms with Crippen molar-refractivity contribution >= 4 is 22.4 Å². The summed E-state index contributed by atoms with van der Waals surface area (Å²) >= 11 is 1.39. The minimum absolute atomic E-state index is 0.483. The first kappa shape index (κ1) is 12.5. The maximum atomic E-state index is 5.75. The lowest BCUT2D eigenvalue weighted by Gasteiger charge is -2.33. The fraction of sp³-hybridized carbons (Fsp3) is 0.750. The molecule has 4 nitrogen and oxygen atoms in total. The number of anilines is 2. The summed E-state index contributed by atoms with van der Waals surface area (Å²) in [4.78, 5) is 0. The Hall–Kier alpha value is -0.970. The Bertz CT molecular complexity index is 380. The molecular weight excluding hydrogens is 234 g/mol. The number of nitrogens with two attached hydrogens (primary N) is 1. The Morgan fingerprint density at radius 3 is 2.82 bits per heavy atom. The first-order valence-corrected chi connectivity index (χ1v) is 6.94. The Balaban J connectivity index is 2.05. The van der Waals surface area contributed by atoms with Crippen molar-refractivity contribution in [3.63, 3.8) is 0 Å². The standard InChI is InChI=1S/C12H21N3OS/c1-7-4-5-9(8(2)6-7)14-12-10(16-3)11(13)15-17-12/h7-9,14H,4-6H2,1-3H3,(H2,13,15). The third-order valence-electron chi connectivity index (χ3n) is 3.63. The van der Waals surface area contributed by atoms with Crippen molar-refractivity contribution in [1.82, 2.24) is 4.37 Å². The molecule has 0 radical (unpaired) electrons. The van der Waals surface area contributed by atoms with Gasteiger partial charge in [-0.05, 0) is 42.6 Å². The summed E-state index contributed by atoms with van der Waals surface area (Å²) in [6.07, 6.45) is 3.79. The molecule has 3 N–H and O–H groups in total. The molecule has 1 fully saturated rings. The molecule has 1 aliphatic carbocycles. The van der Waals surface area contributed by atoms with Crippen molar-refractivity contribution in [2.24, 2.45) is 11.8 Å². The van der Waals surface area contributed by atoms with Crippen molar-refractivity contribution in [2.45, 2.75) is 39.2 Å². The van der Waals surface area contributed by atoms with E-state index in [2.05, 4.69) is 23.5 Å². The molecule has 0 bridgehead atoms. The third-order valence-corrected chi connectivity index (χ3v) is 4.40. The fourth-order valence-electron chi connectivity index (χ4n) is 2.63. The largest absolute Gasteiger partial charge is 0.490 e. The predicted molar refractivity (Wildman–Crippen MR) is 72.7 cm³/mol. The number of ether oxygens (including phenoxy) is 1. The summed E-state index contributed by atoms with van der Waals surface area (Å²) in [5.41, 5.74) is 5.75. The first-order chi connectivity index (χ1) is 8.11. The first-order valence-electron chi connectivity index (χ1n) is 6.17. The van der Waals surface area contributed by atoms with Crippen LogP contribution in [0.15, 0.2) is 0 Å². The van der Waals surface area contributed by atoms with Gasteiger partial charge in [-0.2, -0.15) is 4.37 Å². The monoisotopic (exact) mass is 255 g/mol. The van der Waals surface area contributed by atoms with E-state index in [0.717, 1.165) is 10.9 Å². The van der Waals surface area contributed by atoms with Crippen LogP contribution in [0.5, 0.6) is 5.75 Å². The van der Waals surface area contributed by atoms with E-state index in [1.165, 1.54) is 30.8 Å². The molecule has 1 aromatic heterocycles. The summed E-state index contributed by atoms with van der Waals surface area (Å²) in [5, 5.41) is 4.51. The van der Waals surface area contributed by atoms with Crippen LogP contribution in [0.3, 0.4) is 0 Å². The van der Waals surface area contributed by atoms with Gasteiger partial charge in [0.2, 0.25) is 0 Å². The Labute approximate surface area is 107 Å². The van der Waals surface area contributed by atoms with E-state index in [9.17, 15) is 0 Å². The van der Waals surface area contributed by atoms with Gasteiger partial charge in [0.25, 0.3) is 0 Å². The maximum absolute atomic E-state index is 5.75. The molecule has 1 saturated carbocycles. The number of nitrogens with zero attached hydrogens (tertiary/aromatic N) is 1. The number of methoxy groups -OCH3 is 1. The second-order valence-corrected chi connectivity index (χ2v) is 5.85. The van der Waals surface area contributed by atoms with Gasteiger partial charge in [-0.15, -0.1) is 0 Å². The molecule has 3 unspecified atom stereocenters. The van der Waals surface area contributed by atoms with Crippen LogP contribution in [0.25, 0.3) is 0 Å². The quantitative estimate of drug-likeness (QED) is 0.871. The molecule has 0 aromatic carbocycles. The van der Waals surface area contributed by atoms with Crippen LogP contribution in [0.1, 0.15) is 33.1 Å². The van der Waals surface area contributed by atoms with Crippen LogP contribution in [0, 0.1) is 11.8 Å². The highest BCUT2D eigenvalue weighted by molar-refractivity contribution is 7.11. The van der Waals surface area contributed by atoms with Crippen molar-refractivity contribution in [2.75, 3.05) is 18.2 Å². The lowest BCUT2D eigenvalue weighted by atomic mass is 9.80. The summed E-state index contributed by atoms with van der Waals surface area (Å²) < 4.78 is 9.40. The van der Waals surface area contributed by atoms with E-state index in [-0.39, 0.29) is 0 Å². The minimum atomic E-state index is 0.483. The molecule has 0 aliphatic heterocycles. The molecule has 2 rings (SSSR count). The number of rotatable bonds is 3. The predicted octanol–water partition coefficient (Wildman–Crippen LogP) is 2.97. The smallest absolute Gasteiger partial charge is 0.197 e. The van der Waals surface area contributed by atoms with Gasteiger partial charge >= 0.3 is 0 Å². The molecule has 1 heterocycles. The summed E-state index contributed by atoms with van der Waals surface area (Å²) in [6.45, 7) is 4.64. The van der Waals surface area contributed by atoms with Gasteiger partial charge in [0, 0.05) is 6.04 Å². The zero-order chi connectivity index (χ0) is 12.4. The molecule has 17 heavy (non-hydrogen) atoms. The molecule has 0 amide bonds. The molecule has 96 valence electrons. The lowest BCUT2D eigenvalue weighted by Crippen LogP contribution is -2.32. The second kappa shape index (κ2) is 5.12. The fourth-order valence-corrected chi connectivity index (χ4v) is 3.38. The maximum Gasteiger partial charge on any atom is 0.197 e. The van der Waals surface area contributed by atoms with Gasteiger partial charge in [0.1, 0.15) is 0 Å². The topological polar surface area (TPSA) is 60.2 Å². The van der Waals surface area contributed by atoms with Crippen LogP contribution >= 0.6 is 11.5 Å². The zero-order valence-electron chi connectivity index (χ0n) is 10.7. The van der Waals surface area contributed by atoms with Crippen LogP contribution in [-0.2, 0) is 0 Å². The van der Waals surface area contributed by atoms with Crippen molar-refractivity contribution < 1.29 is 4.74 Å². The summed E-state index contributed by atoms with van der Waals surface area (Å²) in [6, 6.07) is 0.514. The van der Waals surface area contributed by atoms with Crippen LogP contribution < -0.4 is 15.8 Å². The van der Waals surface area contributed by atoms with E-state index in [1.807, 2.05) is 0 Å². The number of nitrogens with one attached hydrogen (secondary N) is 1. The normalized spacial score (nSPS) is 29.0. The highest BCUT2D eigenvalue weighted by atomic mass is 32.1. The Morgan fingerprint density at radius 2 is 2.18 bits per heavy atom. The highest BCUT2D eigenvalue weighted by Crippen LogP contribution is 2.38. The number of hydrogen-bond donors (Lipinski definition) is 2. The van der Waals surface area contributed by atoms with E-state index < -0.39 is 0 Å².